The molecule has 1 aromatic heterocycles. The highest BCUT2D eigenvalue weighted by molar-refractivity contribution is 5.82. The lowest BCUT2D eigenvalue weighted by atomic mass is 9.77. The molecule has 1 aliphatic heterocycles. The molecule has 6 nitrogen and oxygen atoms in total. The molecule has 2 aliphatic carbocycles. The van der Waals surface area contributed by atoms with Gasteiger partial charge in [-0.1, -0.05) is 19.1 Å². The molecule has 0 radical (unpaired) electrons. The van der Waals surface area contributed by atoms with Gasteiger partial charge in [-0.2, -0.15) is 0 Å². The Labute approximate surface area is 161 Å². The minimum absolute atomic E-state index is 0.136. The van der Waals surface area contributed by atoms with Crippen LogP contribution in [0, 0.1) is 11.3 Å². The minimum atomic E-state index is -0.263. The Kier molecular flexibility index (Phi) is 5.06. The Morgan fingerprint density at radius 1 is 1.26 bits per heavy atom. The molecule has 1 fully saturated rings. The molecule has 2 heterocycles. The van der Waals surface area contributed by atoms with E-state index >= 15 is 0 Å². The Balaban J connectivity index is 1.36. The minimum Gasteiger partial charge on any atom is -0.350 e. The number of fused-ring (bicyclic) bond motifs is 1. The summed E-state index contributed by atoms with van der Waals surface area (Å²) in [6.45, 7) is 4.81. The Morgan fingerprint density at radius 3 is 2.85 bits per heavy atom. The SMILES string of the molecule is C[C@]1(C(=O)N2CCc3ncc(CNC(=O)CC4CC4)n3CC2)CC=CCC1. The largest absolute Gasteiger partial charge is 0.350 e. The number of carbonyl (C=O) groups is 2. The number of carbonyl (C=O) groups excluding carboxylic acids is 2. The molecule has 0 spiro atoms. The molecule has 0 aromatic carbocycles. The number of aromatic nitrogens is 2. The fourth-order valence-electron chi connectivity index (χ4n) is 4.22. The molecule has 1 atom stereocenters. The van der Waals surface area contributed by atoms with Crippen LogP contribution in [0.4, 0.5) is 0 Å². The molecule has 27 heavy (non-hydrogen) atoms. The lowest BCUT2D eigenvalue weighted by Crippen LogP contribution is -2.44. The van der Waals surface area contributed by atoms with Crippen molar-refractivity contribution in [3.05, 3.63) is 29.9 Å². The van der Waals surface area contributed by atoms with Crippen molar-refractivity contribution in [2.24, 2.45) is 11.3 Å². The first-order valence-electron chi connectivity index (χ1n) is 10.3. The fourth-order valence-corrected chi connectivity index (χ4v) is 4.22. The molecule has 4 rings (SSSR count). The number of imidazole rings is 1. The second-order valence-corrected chi connectivity index (χ2v) is 8.56. The predicted molar refractivity (Wildman–Crippen MR) is 103 cm³/mol. The number of nitrogens with one attached hydrogen (secondary N) is 1. The molecule has 6 heteroatoms. The second kappa shape index (κ2) is 7.49. The highest BCUT2D eigenvalue weighted by atomic mass is 16.2. The highest BCUT2D eigenvalue weighted by Crippen LogP contribution is 2.34. The van der Waals surface area contributed by atoms with Crippen LogP contribution in [0.2, 0.25) is 0 Å². The first-order valence-corrected chi connectivity index (χ1v) is 10.3. The van der Waals surface area contributed by atoms with Crippen LogP contribution >= 0.6 is 0 Å². The number of hydrogen-bond donors (Lipinski definition) is 1. The van der Waals surface area contributed by atoms with Gasteiger partial charge in [0.05, 0.1) is 23.9 Å². The van der Waals surface area contributed by atoms with Crippen molar-refractivity contribution in [1.29, 1.82) is 0 Å². The highest BCUT2D eigenvalue weighted by Gasteiger charge is 2.37. The van der Waals surface area contributed by atoms with Gasteiger partial charge in [-0.3, -0.25) is 9.59 Å². The van der Waals surface area contributed by atoms with Gasteiger partial charge < -0.3 is 14.8 Å². The maximum atomic E-state index is 13.1. The van der Waals surface area contributed by atoms with Gasteiger partial charge in [-0.05, 0) is 38.0 Å². The van der Waals surface area contributed by atoms with Crippen LogP contribution in [0.25, 0.3) is 0 Å². The van der Waals surface area contributed by atoms with E-state index in [1.54, 1.807) is 0 Å². The van der Waals surface area contributed by atoms with Gasteiger partial charge in [-0.25, -0.2) is 4.98 Å². The molecule has 1 saturated carbocycles. The van der Waals surface area contributed by atoms with Crippen LogP contribution < -0.4 is 5.32 Å². The summed E-state index contributed by atoms with van der Waals surface area (Å²) in [7, 11) is 0. The summed E-state index contributed by atoms with van der Waals surface area (Å²) in [6.07, 6.45) is 12.8. The number of rotatable bonds is 5. The standard InChI is InChI=1S/C21H30N4O2/c1-21(8-3-2-4-9-21)20(27)24-10-7-18-22-14-17(25(18)12-11-24)15-23-19(26)13-16-5-6-16/h2-3,14,16H,4-13,15H2,1H3,(H,23,26)/t21-/m0/s1. The average molecular weight is 370 g/mol. The topological polar surface area (TPSA) is 67.2 Å². The van der Waals surface area contributed by atoms with E-state index in [-0.39, 0.29) is 17.2 Å². The van der Waals surface area contributed by atoms with Crippen molar-refractivity contribution in [3.8, 4) is 0 Å². The normalized spacial score (nSPS) is 25.0. The maximum absolute atomic E-state index is 13.1. The Bertz CT molecular complexity index is 749. The third kappa shape index (κ3) is 4.09. The monoisotopic (exact) mass is 370 g/mol. The van der Waals surface area contributed by atoms with Crippen molar-refractivity contribution in [3.63, 3.8) is 0 Å². The van der Waals surface area contributed by atoms with E-state index in [0.717, 1.165) is 50.3 Å². The van der Waals surface area contributed by atoms with E-state index < -0.39 is 0 Å². The van der Waals surface area contributed by atoms with E-state index in [0.29, 0.717) is 25.4 Å². The third-order valence-electron chi connectivity index (χ3n) is 6.26. The summed E-state index contributed by atoms with van der Waals surface area (Å²) in [5.74, 6) is 2.03. The van der Waals surface area contributed by atoms with Gasteiger partial charge in [-0.15, -0.1) is 0 Å². The smallest absolute Gasteiger partial charge is 0.228 e. The van der Waals surface area contributed by atoms with Crippen LogP contribution in [0.3, 0.4) is 0 Å². The van der Waals surface area contributed by atoms with E-state index in [1.165, 1.54) is 12.8 Å². The van der Waals surface area contributed by atoms with Crippen molar-refractivity contribution in [2.75, 3.05) is 13.1 Å². The van der Waals surface area contributed by atoms with Crippen LogP contribution in [-0.2, 0) is 29.1 Å². The molecule has 1 N–H and O–H groups in total. The lowest BCUT2D eigenvalue weighted by Gasteiger charge is -2.34. The Hall–Kier alpha value is -2.11. The van der Waals surface area contributed by atoms with Crippen LogP contribution in [0.15, 0.2) is 18.3 Å². The number of hydrogen-bond acceptors (Lipinski definition) is 3. The van der Waals surface area contributed by atoms with Crippen molar-refractivity contribution >= 4 is 11.8 Å². The van der Waals surface area contributed by atoms with E-state index in [9.17, 15) is 9.59 Å². The zero-order valence-electron chi connectivity index (χ0n) is 16.2. The van der Waals surface area contributed by atoms with E-state index in [1.807, 2.05) is 11.1 Å². The average Bonchev–Trinajstić information content (AvgIpc) is 3.43. The zero-order chi connectivity index (χ0) is 18.9. The maximum Gasteiger partial charge on any atom is 0.228 e. The van der Waals surface area contributed by atoms with Crippen molar-refractivity contribution in [2.45, 2.75) is 65.0 Å². The summed E-state index contributed by atoms with van der Waals surface area (Å²) in [6, 6.07) is 0. The molecule has 0 bridgehead atoms. The summed E-state index contributed by atoms with van der Waals surface area (Å²) in [5.41, 5.74) is 0.774. The molecular weight excluding hydrogens is 340 g/mol. The molecule has 146 valence electrons. The van der Waals surface area contributed by atoms with E-state index in [2.05, 4.69) is 33.9 Å². The van der Waals surface area contributed by atoms with Crippen LogP contribution in [0.5, 0.6) is 0 Å². The zero-order valence-corrected chi connectivity index (χ0v) is 16.2. The molecular formula is C21H30N4O2. The van der Waals surface area contributed by atoms with Gasteiger partial charge in [0, 0.05) is 32.5 Å². The van der Waals surface area contributed by atoms with Gasteiger partial charge in [0.1, 0.15) is 5.82 Å². The summed E-state index contributed by atoms with van der Waals surface area (Å²) < 4.78 is 2.19. The molecule has 1 aromatic rings. The number of allylic oxidation sites excluding steroid dienone is 2. The van der Waals surface area contributed by atoms with E-state index in [4.69, 9.17) is 0 Å². The summed E-state index contributed by atoms with van der Waals surface area (Å²) in [4.78, 5) is 31.7. The molecule has 0 saturated heterocycles. The quantitative estimate of drug-likeness (QED) is 0.810. The lowest BCUT2D eigenvalue weighted by molar-refractivity contribution is -0.141. The first-order chi connectivity index (χ1) is 13.0. The van der Waals surface area contributed by atoms with Crippen LogP contribution in [-0.4, -0.2) is 39.4 Å². The second-order valence-electron chi connectivity index (χ2n) is 8.56. The van der Waals surface area contributed by atoms with Crippen molar-refractivity contribution < 1.29 is 9.59 Å². The van der Waals surface area contributed by atoms with Gasteiger partial charge in [0.25, 0.3) is 0 Å². The number of amides is 2. The first kappa shape index (κ1) is 18.3. The fraction of sp³-hybridized carbons (Fsp3) is 0.667. The van der Waals surface area contributed by atoms with Gasteiger partial charge in [0.15, 0.2) is 0 Å². The molecule has 2 amide bonds. The Morgan fingerprint density at radius 2 is 2.11 bits per heavy atom. The summed E-state index contributed by atoms with van der Waals surface area (Å²) >= 11 is 0. The molecule has 0 unspecified atom stereocenters. The van der Waals surface area contributed by atoms with Gasteiger partial charge >= 0.3 is 0 Å². The van der Waals surface area contributed by atoms with Crippen LogP contribution in [0.1, 0.15) is 57.0 Å². The third-order valence-corrected chi connectivity index (χ3v) is 6.26. The van der Waals surface area contributed by atoms with Crippen molar-refractivity contribution in [1.82, 2.24) is 19.8 Å². The summed E-state index contributed by atoms with van der Waals surface area (Å²) in [5, 5.41) is 3.03. The predicted octanol–water partition coefficient (Wildman–Crippen LogP) is 2.43. The van der Waals surface area contributed by atoms with Gasteiger partial charge in [0.2, 0.25) is 11.8 Å². The molecule has 3 aliphatic rings. The number of nitrogens with zero attached hydrogens (tertiary/aromatic N) is 3.